The highest BCUT2D eigenvalue weighted by Gasteiger charge is 2.24. The molecule has 0 bridgehead atoms. The van der Waals surface area contributed by atoms with Gasteiger partial charge in [0, 0.05) is 25.7 Å². The average molecular weight is 337 g/mol. The van der Waals surface area contributed by atoms with E-state index in [0.29, 0.717) is 32.3 Å². The minimum absolute atomic E-state index is 0.242. The summed E-state index contributed by atoms with van der Waals surface area (Å²) in [7, 11) is 1.37. The number of hydrogen-bond donors (Lipinski definition) is 1. The topological polar surface area (TPSA) is 67.9 Å². The summed E-state index contributed by atoms with van der Waals surface area (Å²) in [6.45, 7) is 4.09. The number of piperidine rings is 1. The van der Waals surface area contributed by atoms with Crippen LogP contribution in [0.15, 0.2) is 0 Å². The summed E-state index contributed by atoms with van der Waals surface area (Å²) in [5.41, 5.74) is 0. The molecular formula is C12H21BrN2O4. The van der Waals surface area contributed by atoms with Crippen LogP contribution in [0.4, 0.5) is 4.79 Å². The van der Waals surface area contributed by atoms with E-state index in [1.807, 2.05) is 0 Å². The SMILES string of the molecule is CCOC(=O)N1CCC(NCC(Br)C(=O)OC)CC1. The van der Waals surface area contributed by atoms with Crippen LogP contribution < -0.4 is 5.32 Å². The van der Waals surface area contributed by atoms with Gasteiger partial charge in [-0.1, -0.05) is 15.9 Å². The molecule has 1 unspecified atom stereocenters. The Balaban J connectivity index is 2.23. The van der Waals surface area contributed by atoms with E-state index in [2.05, 4.69) is 26.0 Å². The maximum atomic E-state index is 11.5. The molecule has 0 aromatic heterocycles. The first-order chi connectivity index (χ1) is 9.08. The van der Waals surface area contributed by atoms with Gasteiger partial charge in [-0.25, -0.2) is 4.79 Å². The van der Waals surface area contributed by atoms with Crippen molar-refractivity contribution < 1.29 is 19.1 Å². The highest BCUT2D eigenvalue weighted by atomic mass is 79.9. The zero-order valence-corrected chi connectivity index (χ0v) is 12.9. The highest BCUT2D eigenvalue weighted by Crippen LogP contribution is 2.12. The summed E-state index contributed by atoms with van der Waals surface area (Å²) < 4.78 is 9.59. The van der Waals surface area contributed by atoms with Gasteiger partial charge >= 0.3 is 12.1 Å². The molecule has 0 radical (unpaired) electrons. The maximum absolute atomic E-state index is 11.5. The van der Waals surface area contributed by atoms with Gasteiger partial charge in [0.25, 0.3) is 0 Å². The number of methoxy groups -OCH3 is 1. The number of nitrogens with one attached hydrogen (secondary N) is 1. The number of halogens is 1. The standard InChI is InChI=1S/C12H21BrN2O4/c1-3-19-12(17)15-6-4-9(5-7-15)14-8-10(13)11(16)18-2/h9-10,14H,3-8H2,1-2H3. The predicted molar refractivity (Wildman–Crippen MR) is 74.4 cm³/mol. The summed E-state index contributed by atoms with van der Waals surface area (Å²) in [6.07, 6.45) is 1.48. The highest BCUT2D eigenvalue weighted by molar-refractivity contribution is 9.10. The van der Waals surface area contributed by atoms with Crippen LogP contribution in [0.5, 0.6) is 0 Å². The number of amides is 1. The number of nitrogens with zero attached hydrogens (tertiary/aromatic N) is 1. The van der Waals surface area contributed by atoms with Crippen molar-refractivity contribution in [2.75, 3.05) is 33.4 Å². The van der Waals surface area contributed by atoms with Gasteiger partial charge in [-0.15, -0.1) is 0 Å². The van der Waals surface area contributed by atoms with Crippen LogP contribution in [0.1, 0.15) is 19.8 Å². The number of carbonyl (C=O) groups is 2. The number of esters is 1. The minimum Gasteiger partial charge on any atom is -0.468 e. The summed E-state index contributed by atoms with van der Waals surface area (Å²) in [5.74, 6) is -0.281. The van der Waals surface area contributed by atoms with Gasteiger partial charge in [-0.3, -0.25) is 4.79 Å². The Labute approximate surface area is 121 Å². The molecule has 0 aromatic carbocycles. The lowest BCUT2D eigenvalue weighted by Crippen LogP contribution is -2.46. The molecular weight excluding hydrogens is 316 g/mol. The van der Waals surface area contributed by atoms with Crippen LogP contribution in [0, 0.1) is 0 Å². The average Bonchev–Trinajstić information content (AvgIpc) is 2.44. The van der Waals surface area contributed by atoms with Crippen LogP contribution in [0.2, 0.25) is 0 Å². The Bertz CT molecular complexity index is 306. The molecule has 6 nitrogen and oxygen atoms in total. The Morgan fingerprint density at radius 3 is 2.58 bits per heavy atom. The summed E-state index contributed by atoms with van der Waals surface area (Å²) in [5, 5.41) is 3.30. The van der Waals surface area contributed by atoms with Gasteiger partial charge < -0.3 is 19.7 Å². The van der Waals surface area contributed by atoms with Gasteiger partial charge in [0.1, 0.15) is 4.83 Å². The smallest absolute Gasteiger partial charge is 0.409 e. The molecule has 1 amide bonds. The van der Waals surface area contributed by atoms with Crippen molar-refractivity contribution in [3.63, 3.8) is 0 Å². The van der Waals surface area contributed by atoms with Gasteiger partial charge in [0.15, 0.2) is 0 Å². The van der Waals surface area contributed by atoms with Crippen molar-refractivity contribution in [3.05, 3.63) is 0 Å². The van der Waals surface area contributed by atoms with E-state index < -0.39 is 0 Å². The van der Waals surface area contributed by atoms with Crippen molar-refractivity contribution >= 4 is 28.0 Å². The first-order valence-corrected chi connectivity index (χ1v) is 7.37. The minimum atomic E-state index is -0.333. The molecule has 0 saturated carbocycles. The van der Waals surface area contributed by atoms with E-state index in [1.54, 1.807) is 11.8 Å². The number of alkyl halides is 1. The van der Waals surface area contributed by atoms with Crippen molar-refractivity contribution in [2.24, 2.45) is 0 Å². The fraction of sp³-hybridized carbons (Fsp3) is 0.833. The molecule has 19 heavy (non-hydrogen) atoms. The second-order valence-corrected chi connectivity index (χ2v) is 5.46. The van der Waals surface area contributed by atoms with E-state index in [-0.39, 0.29) is 16.9 Å². The Hall–Kier alpha value is -0.820. The van der Waals surface area contributed by atoms with E-state index in [0.717, 1.165) is 12.8 Å². The van der Waals surface area contributed by atoms with Gasteiger partial charge in [-0.05, 0) is 19.8 Å². The summed E-state index contributed by atoms with van der Waals surface area (Å²) in [6, 6.07) is 0.315. The summed E-state index contributed by atoms with van der Waals surface area (Å²) >= 11 is 3.26. The predicted octanol–water partition coefficient (Wildman–Crippen LogP) is 1.13. The maximum Gasteiger partial charge on any atom is 0.409 e. The molecule has 1 atom stereocenters. The van der Waals surface area contributed by atoms with Gasteiger partial charge in [-0.2, -0.15) is 0 Å². The second-order valence-electron chi connectivity index (χ2n) is 4.36. The Kier molecular flexibility index (Phi) is 7.15. The van der Waals surface area contributed by atoms with Crippen molar-refractivity contribution in [2.45, 2.75) is 30.6 Å². The molecule has 0 aliphatic carbocycles. The first-order valence-electron chi connectivity index (χ1n) is 6.45. The molecule has 1 aliphatic heterocycles. The van der Waals surface area contributed by atoms with E-state index >= 15 is 0 Å². The number of likely N-dealkylation sites (tertiary alicyclic amines) is 1. The second kappa shape index (κ2) is 8.37. The van der Waals surface area contributed by atoms with Crippen LogP contribution in [0.3, 0.4) is 0 Å². The molecule has 1 heterocycles. The molecule has 1 N–H and O–H groups in total. The summed E-state index contributed by atoms with van der Waals surface area (Å²) in [4.78, 5) is 24.1. The third-order valence-corrected chi connectivity index (χ3v) is 3.76. The van der Waals surface area contributed by atoms with Crippen molar-refractivity contribution in [3.8, 4) is 0 Å². The van der Waals surface area contributed by atoms with Crippen LogP contribution in [-0.2, 0) is 14.3 Å². The van der Waals surface area contributed by atoms with Crippen molar-refractivity contribution in [1.29, 1.82) is 0 Å². The molecule has 1 aliphatic rings. The zero-order chi connectivity index (χ0) is 14.3. The number of hydrogen-bond acceptors (Lipinski definition) is 5. The van der Waals surface area contributed by atoms with Crippen LogP contribution >= 0.6 is 15.9 Å². The molecule has 1 saturated heterocycles. The zero-order valence-electron chi connectivity index (χ0n) is 11.4. The lowest BCUT2D eigenvalue weighted by molar-refractivity contribution is -0.139. The third-order valence-electron chi connectivity index (χ3n) is 3.06. The molecule has 0 aromatic rings. The fourth-order valence-electron chi connectivity index (χ4n) is 1.96. The molecule has 1 rings (SSSR count). The normalized spacial score (nSPS) is 17.9. The molecule has 7 heteroatoms. The Morgan fingerprint density at radius 2 is 2.05 bits per heavy atom. The monoisotopic (exact) mass is 336 g/mol. The quantitative estimate of drug-likeness (QED) is 0.602. The molecule has 110 valence electrons. The first kappa shape index (κ1) is 16.2. The van der Waals surface area contributed by atoms with Crippen LogP contribution in [0.25, 0.3) is 0 Å². The fourth-order valence-corrected chi connectivity index (χ4v) is 2.34. The van der Waals surface area contributed by atoms with Gasteiger partial charge in [0.2, 0.25) is 0 Å². The lowest BCUT2D eigenvalue weighted by Gasteiger charge is -2.32. The number of ether oxygens (including phenoxy) is 2. The number of carbonyl (C=O) groups excluding carboxylic acids is 2. The molecule has 0 spiro atoms. The largest absolute Gasteiger partial charge is 0.468 e. The van der Waals surface area contributed by atoms with Crippen LogP contribution in [-0.4, -0.2) is 61.2 Å². The van der Waals surface area contributed by atoms with Gasteiger partial charge in [0.05, 0.1) is 13.7 Å². The molecule has 1 fully saturated rings. The van der Waals surface area contributed by atoms with Crippen molar-refractivity contribution in [1.82, 2.24) is 10.2 Å². The van der Waals surface area contributed by atoms with E-state index in [1.165, 1.54) is 7.11 Å². The lowest BCUT2D eigenvalue weighted by atomic mass is 10.1. The van der Waals surface area contributed by atoms with E-state index in [9.17, 15) is 9.59 Å². The Morgan fingerprint density at radius 1 is 1.42 bits per heavy atom. The third kappa shape index (κ3) is 5.36. The van der Waals surface area contributed by atoms with E-state index in [4.69, 9.17) is 4.74 Å². The number of rotatable bonds is 5.